The van der Waals surface area contributed by atoms with Crippen LogP contribution in [-0.2, 0) is 14.3 Å². The first-order valence-electron chi connectivity index (χ1n) is 13.7. The van der Waals surface area contributed by atoms with Crippen molar-refractivity contribution in [1.82, 2.24) is 4.98 Å². The molecule has 2 N–H and O–H groups in total. The maximum absolute atomic E-state index is 13.7. The van der Waals surface area contributed by atoms with Gasteiger partial charge in [0, 0.05) is 17.7 Å². The lowest BCUT2D eigenvalue weighted by atomic mass is 9.71. The molecule has 208 valence electrons. The fourth-order valence-electron chi connectivity index (χ4n) is 4.92. The van der Waals surface area contributed by atoms with Crippen LogP contribution in [0.25, 0.3) is 6.08 Å². The van der Waals surface area contributed by atoms with Crippen molar-refractivity contribution < 1.29 is 24.5 Å². The number of carbonyl (C=O) groups excluding carboxylic acids is 2. The van der Waals surface area contributed by atoms with Crippen LogP contribution in [0.1, 0.15) is 104 Å². The third-order valence-corrected chi connectivity index (χ3v) is 8.53. The largest absolute Gasteiger partial charge is 0.457 e. The highest BCUT2D eigenvalue weighted by Crippen LogP contribution is 2.35. The molecule has 6 nitrogen and oxygen atoms in total. The summed E-state index contributed by atoms with van der Waals surface area (Å²) in [5, 5.41) is 25.2. The second-order valence-electron chi connectivity index (χ2n) is 11.4. The number of hydrogen-bond acceptors (Lipinski definition) is 7. The number of unbranched alkanes of at least 4 members (excludes halogenated alkanes) is 1. The number of hydrogen-bond donors (Lipinski definition) is 2. The average molecular weight is 534 g/mol. The zero-order valence-corrected chi connectivity index (χ0v) is 24.6. The Balaban J connectivity index is 2.36. The van der Waals surface area contributed by atoms with E-state index in [1.54, 1.807) is 25.2 Å². The number of ketones is 1. The van der Waals surface area contributed by atoms with Crippen LogP contribution in [0.4, 0.5) is 0 Å². The van der Waals surface area contributed by atoms with E-state index in [1.165, 1.54) is 5.57 Å². The fraction of sp³-hybridized carbons (Fsp3) is 0.700. The Labute approximate surface area is 227 Å². The topological polar surface area (TPSA) is 96.7 Å². The molecule has 0 radical (unpaired) electrons. The Hall–Kier alpha value is -1.83. The minimum atomic E-state index is -1.21. The molecule has 2 heterocycles. The van der Waals surface area contributed by atoms with E-state index in [9.17, 15) is 19.8 Å². The third-order valence-electron chi connectivity index (χ3n) is 7.73. The molecule has 1 aromatic heterocycles. The van der Waals surface area contributed by atoms with Gasteiger partial charge in [-0.2, -0.15) is 0 Å². The number of cyclic esters (lactones) is 1. The second kappa shape index (κ2) is 14.4. The number of rotatable bonds is 5. The summed E-state index contributed by atoms with van der Waals surface area (Å²) < 4.78 is 5.87. The molecule has 0 spiro atoms. The van der Waals surface area contributed by atoms with Crippen LogP contribution < -0.4 is 0 Å². The first kappa shape index (κ1) is 31.4. The van der Waals surface area contributed by atoms with Crippen LogP contribution in [-0.4, -0.2) is 45.3 Å². The van der Waals surface area contributed by atoms with E-state index in [1.807, 2.05) is 32.2 Å². The molecular formula is C30H47NO5S. The van der Waals surface area contributed by atoms with Gasteiger partial charge in [-0.25, -0.2) is 4.98 Å². The number of aromatic nitrogens is 1. The Morgan fingerprint density at radius 2 is 1.97 bits per heavy atom. The van der Waals surface area contributed by atoms with Crippen LogP contribution in [0.3, 0.4) is 0 Å². The minimum absolute atomic E-state index is 0.0380. The van der Waals surface area contributed by atoms with Gasteiger partial charge in [0.2, 0.25) is 0 Å². The number of aliphatic hydroxyl groups excluding tert-OH is 2. The number of ether oxygens (including phenoxy) is 1. The lowest BCUT2D eigenvalue weighted by Crippen LogP contribution is -2.46. The van der Waals surface area contributed by atoms with Gasteiger partial charge in [0.15, 0.2) is 0 Å². The minimum Gasteiger partial charge on any atom is -0.457 e. The van der Waals surface area contributed by atoms with Crippen LogP contribution in [0, 0.1) is 24.2 Å². The zero-order valence-electron chi connectivity index (χ0n) is 23.8. The van der Waals surface area contributed by atoms with Crippen molar-refractivity contribution in [3.05, 3.63) is 33.3 Å². The molecule has 7 heteroatoms. The van der Waals surface area contributed by atoms with Crippen molar-refractivity contribution in [2.45, 2.75) is 118 Å². The van der Waals surface area contributed by atoms with Gasteiger partial charge < -0.3 is 14.9 Å². The highest BCUT2D eigenvalue weighted by Gasteiger charge is 2.43. The Kier molecular flexibility index (Phi) is 12.2. The highest BCUT2D eigenvalue weighted by molar-refractivity contribution is 7.09. The summed E-state index contributed by atoms with van der Waals surface area (Å²) in [7, 11) is 0. The highest BCUT2D eigenvalue weighted by atomic mass is 32.1. The van der Waals surface area contributed by atoms with E-state index < -0.39 is 35.6 Å². The Morgan fingerprint density at radius 3 is 2.59 bits per heavy atom. The first-order valence-corrected chi connectivity index (χ1v) is 14.6. The van der Waals surface area contributed by atoms with E-state index in [0.29, 0.717) is 12.8 Å². The summed E-state index contributed by atoms with van der Waals surface area (Å²) in [5.41, 5.74) is 1.72. The van der Waals surface area contributed by atoms with Crippen LogP contribution >= 0.6 is 11.3 Å². The molecule has 1 aliphatic rings. The number of aryl methyl sites for hydroxylation is 1. The molecule has 0 aliphatic carbocycles. The van der Waals surface area contributed by atoms with E-state index in [-0.39, 0.29) is 18.1 Å². The normalized spacial score (nSPS) is 30.5. The molecule has 0 saturated heterocycles. The fourth-order valence-corrected chi connectivity index (χ4v) is 5.49. The lowest BCUT2D eigenvalue weighted by Gasteiger charge is -2.36. The number of aliphatic hydroxyl groups is 2. The molecule has 2 rings (SSSR count). The van der Waals surface area contributed by atoms with Crippen LogP contribution in [0.2, 0.25) is 0 Å². The standard InChI is InChI=1S/C30H47NO5S/c1-8-9-13-24-28(34)20(3)12-10-11-19(2)14-15-25(21(4)16-23-18-37-22(5)31-23)36-27(33)17-26(32)30(6,7)29(24)35/h14,16,18,20,24-26,28,32,34H,8-13,15,17H2,1-7H3/b19-14-,21-16+/t20-,24+,25-,26-,28-/m0/s1. The number of esters is 1. The molecule has 1 aliphatic heterocycles. The van der Waals surface area contributed by atoms with Crippen molar-refractivity contribution in [3.63, 3.8) is 0 Å². The van der Waals surface area contributed by atoms with Gasteiger partial charge in [0.1, 0.15) is 11.9 Å². The number of nitrogens with zero attached hydrogens (tertiary/aromatic N) is 1. The van der Waals surface area contributed by atoms with Gasteiger partial charge in [0.25, 0.3) is 0 Å². The number of carbonyl (C=O) groups is 2. The van der Waals surface area contributed by atoms with E-state index >= 15 is 0 Å². The summed E-state index contributed by atoms with van der Waals surface area (Å²) in [6.45, 7) is 13.4. The van der Waals surface area contributed by atoms with Crippen molar-refractivity contribution in [3.8, 4) is 0 Å². The summed E-state index contributed by atoms with van der Waals surface area (Å²) in [6, 6.07) is 0. The maximum Gasteiger partial charge on any atom is 0.309 e. The van der Waals surface area contributed by atoms with Gasteiger partial charge in [0.05, 0.1) is 34.7 Å². The number of Topliss-reactive ketones (excluding diaryl/α,β-unsaturated/α-hetero) is 1. The average Bonchev–Trinajstić information content (AvgIpc) is 3.24. The summed E-state index contributed by atoms with van der Waals surface area (Å²) >= 11 is 1.57. The van der Waals surface area contributed by atoms with Crippen molar-refractivity contribution in [1.29, 1.82) is 0 Å². The summed E-state index contributed by atoms with van der Waals surface area (Å²) in [4.78, 5) is 31.2. The van der Waals surface area contributed by atoms with Crippen molar-refractivity contribution >= 4 is 29.2 Å². The molecule has 0 saturated carbocycles. The summed E-state index contributed by atoms with van der Waals surface area (Å²) in [5.74, 6) is -1.34. The van der Waals surface area contributed by atoms with Crippen molar-refractivity contribution in [2.75, 3.05) is 0 Å². The predicted molar refractivity (Wildman–Crippen MR) is 150 cm³/mol. The van der Waals surface area contributed by atoms with Gasteiger partial charge in [-0.05, 0) is 64.0 Å². The van der Waals surface area contributed by atoms with Gasteiger partial charge >= 0.3 is 5.97 Å². The van der Waals surface area contributed by atoms with Gasteiger partial charge in [-0.15, -0.1) is 11.3 Å². The third kappa shape index (κ3) is 9.15. The maximum atomic E-state index is 13.7. The summed E-state index contributed by atoms with van der Waals surface area (Å²) in [6.07, 6.45) is 6.72. The Bertz CT molecular complexity index is 963. The molecule has 0 unspecified atom stereocenters. The quantitative estimate of drug-likeness (QED) is 0.334. The zero-order chi connectivity index (χ0) is 27.8. The van der Waals surface area contributed by atoms with Gasteiger partial charge in [-0.3, -0.25) is 9.59 Å². The molecule has 0 fully saturated rings. The van der Waals surface area contributed by atoms with E-state index in [2.05, 4.69) is 24.9 Å². The van der Waals surface area contributed by atoms with Crippen molar-refractivity contribution in [2.24, 2.45) is 17.3 Å². The Morgan fingerprint density at radius 1 is 1.27 bits per heavy atom. The smallest absolute Gasteiger partial charge is 0.309 e. The molecule has 37 heavy (non-hydrogen) atoms. The van der Waals surface area contributed by atoms with Crippen LogP contribution in [0.15, 0.2) is 22.6 Å². The van der Waals surface area contributed by atoms with E-state index in [4.69, 9.17) is 4.74 Å². The predicted octanol–water partition coefficient (Wildman–Crippen LogP) is 6.44. The molecule has 5 atom stereocenters. The van der Waals surface area contributed by atoms with Crippen LogP contribution in [0.5, 0.6) is 0 Å². The molecule has 0 bridgehead atoms. The second-order valence-corrected chi connectivity index (χ2v) is 12.4. The number of thiazole rings is 1. The lowest BCUT2D eigenvalue weighted by molar-refractivity contribution is -0.154. The molecule has 0 amide bonds. The molecule has 0 aromatic carbocycles. The monoisotopic (exact) mass is 533 g/mol. The van der Waals surface area contributed by atoms with Gasteiger partial charge in [-0.1, -0.05) is 52.2 Å². The SMILES string of the molecule is CCCC[C@H]1C(=O)C(C)(C)[C@@H](O)CC(=O)O[C@H](/C(C)=C/c2csc(C)n2)C/C=C(/C)CCC[C@H](C)[C@@H]1O. The molecular weight excluding hydrogens is 486 g/mol. The number of allylic oxidation sites excluding steroid dienone is 1. The molecule has 1 aromatic rings. The first-order chi connectivity index (χ1) is 17.4. The van der Waals surface area contributed by atoms with E-state index in [0.717, 1.165) is 48.4 Å².